The van der Waals surface area contributed by atoms with Gasteiger partial charge in [0.1, 0.15) is 0 Å². The van der Waals surface area contributed by atoms with Gasteiger partial charge in [0.05, 0.1) is 12.6 Å². The minimum atomic E-state index is -0.161. The zero-order valence-corrected chi connectivity index (χ0v) is 16.9. The van der Waals surface area contributed by atoms with Gasteiger partial charge in [-0.15, -0.1) is 0 Å². The summed E-state index contributed by atoms with van der Waals surface area (Å²) in [5.74, 6) is -0.0869. The molecule has 150 valence electrons. The molecule has 1 aliphatic heterocycles. The van der Waals surface area contributed by atoms with E-state index in [1.165, 1.54) is 6.42 Å². The fourth-order valence-electron chi connectivity index (χ4n) is 3.07. The quantitative estimate of drug-likeness (QED) is 0.767. The van der Waals surface area contributed by atoms with Crippen LogP contribution in [-0.2, 0) is 9.53 Å². The smallest absolute Gasteiger partial charge is 0.321 e. The molecule has 3 amide bonds. The molecular weight excluding hydrogens is 344 g/mol. The van der Waals surface area contributed by atoms with Crippen LogP contribution in [0, 0.1) is 6.92 Å². The van der Waals surface area contributed by atoms with Gasteiger partial charge >= 0.3 is 6.03 Å². The molecule has 0 saturated carbocycles. The van der Waals surface area contributed by atoms with Crippen molar-refractivity contribution in [2.45, 2.75) is 38.7 Å². The number of likely N-dealkylation sites (N-methyl/N-ethyl adjacent to an activating group) is 1. The van der Waals surface area contributed by atoms with Gasteiger partial charge in [0, 0.05) is 31.6 Å². The van der Waals surface area contributed by atoms with Crippen molar-refractivity contribution in [3.05, 3.63) is 23.8 Å². The number of rotatable bonds is 7. The van der Waals surface area contributed by atoms with E-state index in [-0.39, 0.29) is 18.0 Å². The van der Waals surface area contributed by atoms with Crippen LogP contribution >= 0.6 is 0 Å². The number of carbonyl (C=O) groups is 2. The number of nitrogens with one attached hydrogen (secondary N) is 2. The number of ether oxygens (including phenoxy) is 1. The van der Waals surface area contributed by atoms with Gasteiger partial charge < -0.3 is 25.2 Å². The van der Waals surface area contributed by atoms with Crippen molar-refractivity contribution in [2.24, 2.45) is 0 Å². The lowest BCUT2D eigenvalue weighted by atomic mass is 10.1. The average Bonchev–Trinajstić information content (AvgIpc) is 2.63. The van der Waals surface area contributed by atoms with E-state index in [4.69, 9.17) is 4.74 Å². The Labute approximate surface area is 162 Å². The second-order valence-corrected chi connectivity index (χ2v) is 7.39. The molecule has 0 unspecified atom stereocenters. The molecule has 27 heavy (non-hydrogen) atoms. The van der Waals surface area contributed by atoms with E-state index < -0.39 is 0 Å². The number of nitrogens with zero attached hydrogens (tertiary/aromatic N) is 2. The number of anilines is 2. The lowest BCUT2D eigenvalue weighted by molar-refractivity contribution is -0.116. The predicted molar refractivity (Wildman–Crippen MR) is 108 cm³/mol. The average molecular weight is 377 g/mol. The summed E-state index contributed by atoms with van der Waals surface area (Å²) in [6.45, 7) is 3.67. The highest BCUT2D eigenvalue weighted by Gasteiger charge is 2.17. The standard InChI is InChI=1S/C20H32N4O3/c1-15-17(21-19(25)14-23(2)3)9-7-10-18(15)22-20(26)24(4)12-11-16-8-5-6-13-27-16/h7,9-10,16H,5-6,8,11-14H2,1-4H3,(H,21,25)(H,22,26)/t16-/m1/s1. The molecule has 0 spiro atoms. The first-order valence-corrected chi connectivity index (χ1v) is 9.54. The summed E-state index contributed by atoms with van der Waals surface area (Å²) >= 11 is 0. The van der Waals surface area contributed by atoms with Gasteiger partial charge in [-0.25, -0.2) is 4.79 Å². The van der Waals surface area contributed by atoms with Crippen molar-refractivity contribution < 1.29 is 14.3 Å². The van der Waals surface area contributed by atoms with Gasteiger partial charge in [-0.05, 0) is 64.4 Å². The van der Waals surface area contributed by atoms with E-state index in [1.807, 2.05) is 39.2 Å². The highest BCUT2D eigenvalue weighted by molar-refractivity contribution is 5.96. The Bertz CT molecular complexity index is 642. The predicted octanol–water partition coefficient (Wildman–Crippen LogP) is 2.92. The van der Waals surface area contributed by atoms with Crippen molar-refractivity contribution >= 4 is 23.3 Å². The third kappa shape index (κ3) is 6.84. The first-order chi connectivity index (χ1) is 12.9. The molecule has 0 bridgehead atoms. The summed E-state index contributed by atoms with van der Waals surface area (Å²) in [5, 5.41) is 5.83. The van der Waals surface area contributed by atoms with E-state index in [0.29, 0.717) is 24.5 Å². The Morgan fingerprint density at radius 1 is 1.15 bits per heavy atom. The van der Waals surface area contributed by atoms with Crippen LogP contribution in [0.15, 0.2) is 18.2 Å². The van der Waals surface area contributed by atoms with E-state index in [1.54, 1.807) is 16.8 Å². The largest absolute Gasteiger partial charge is 0.378 e. The summed E-state index contributed by atoms with van der Waals surface area (Å²) in [4.78, 5) is 28.0. The van der Waals surface area contributed by atoms with Crippen LogP contribution in [0.25, 0.3) is 0 Å². The second kappa shape index (κ2) is 10.3. The number of carbonyl (C=O) groups excluding carboxylic acids is 2. The van der Waals surface area contributed by atoms with E-state index in [9.17, 15) is 9.59 Å². The first kappa shape index (κ1) is 21.2. The molecule has 1 fully saturated rings. The monoisotopic (exact) mass is 376 g/mol. The van der Waals surface area contributed by atoms with Crippen LogP contribution in [0.1, 0.15) is 31.2 Å². The van der Waals surface area contributed by atoms with Crippen LogP contribution in [0.3, 0.4) is 0 Å². The van der Waals surface area contributed by atoms with Crippen molar-refractivity contribution in [1.82, 2.24) is 9.80 Å². The molecule has 1 aliphatic rings. The molecule has 1 heterocycles. The fourth-order valence-corrected chi connectivity index (χ4v) is 3.07. The molecule has 0 aromatic heterocycles. The van der Waals surface area contributed by atoms with Crippen LogP contribution in [-0.4, -0.2) is 68.7 Å². The van der Waals surface area contributed by atoms with Gasteiger partial charge in [-0.2, -0.15) is 0 Å². The summed E-state index contributed by atoms with van der Waals surface area (Å²) in [6.07, 6.45) is 4.51. The van der Waals surface area contributed by atoms with Crippen LogP contribution in [0.4, 0.5) is 16.2 Å². The summed E-state index contributed by atoms with van der Waals surface area (Å²) in [7, 11) is 5.48. The van der Waals surface area contributed by atoms with Crippen molar-refractivity contribution in [3.63, 3.8) is 0 Å². The third-order valence-electron chi connectivity index (χ3n) is 4.72. The first-order valence-electron chi connectivity index (χ1n) is 9.54. The molecule has 0 radical (unpaired) electrons. The van der Waals surface area contributed by atoms with Crippen molar-refractivity contribution in [1.29, 1.82) is 0 Å². The number of urea groups is 1. The van der Waals surface area contributed by atoms with Gasteiger partial charge in [-0.3, -0.25) is 4.79 Å². The minimum Gasteiger partial charge on any atom is -0.378 e. The zero-order valence-electron chi connectivity index (χ0n) is 16.9. The molecule has 2 rings (SSSR count). The topological polar surface area (TPSA) is 73.9 Å². The van der Waals surface area contributed by atoms with Gasteiger partial charge in [0.2, 0.25) is 5.91 Å². The van der Waals surface area contributed by atoms with Crippen LogP contribution in [0.2, 0.25) is 0 Å². The number of hydrogen-bond acceptors (Lipinski definition) is 4. The van der Waals surface area contributed by atoms with E-state index >= 15 is 0 Å². The Morgan fingerprint density at radius 2 is 1.85 bits per heavy atom. The Hall–Kier alpha value is -2.12. The maximum absolute atomic E-state index is 12.5. The van der Waals surface area contributed by atoms with Gasteiger partial charge in [-0.1, -0.05) is 6.07 Å². The Morgan fingerprint density at radius 3 is 2.48 bits per heavy atom. The number of benzene rings is 1. The Balaban J connectivity index is 1.90. The number of amides is 3. The maximum Gasteiger partial charge on any atom is 0.321 e. The van der Waals surface area contributed by atoms with Crippen molar-refractivity contribution in [2.75, 3.05) is 51.5 Å². The highest BCUT2D eigenvalue weighted by atomic mass is 16.5. The molecule has 7 nitrogen and oxygen atoms in total. The molecule has 1 aromatic rings. The van der Waals surface area contributed by atoms with Gasteiger partial charge in [0.15, 0.2) is 0 Å². The SMILES string of the molecule is Cc1c(NC(=O)CN(C)C)cccc1NC(=O)N(C)CC[C@H]1CCCCO1. The lowest BCUT2D eigenvalue weighted by Crippen LogP contribution is -2.34. The van der Waals surface area contributed by atoms with Gasteiger partial charge in [0.25, 0.3) is 0 Å². The fraction of sp³-hybridized carbons (Fsp3) is 0.600. The third-order valence-corrected chi connectivity index (χ3v) is 4.72. The van der Waals surface area contributed by atoms with Crippen LogP contribution < -0.4 is 10.6 Å². The molecule has 1 aromatic carbocycles. The van der Waals surface area contributed by atoms with E-state index in [0.717, 1.165) is 31.4 Å². The lowest BCUT2D eigenvalue weighted by Gasteiger charge is -2.25. The second-order valence-electron chi connectivity index (χ2n) is 7.39. The summed E-state index contributed by atoms with van der Waals surface area (Å²) in [6, 6.07) is 5.34. The molecule has 1 saturated heterocycles. The van der Waals surface area contributed by atoms with E-state index in [2.05, 4.69) is 10.6 Å². The molecule has 7 heteroatoms. The Kier molecular flexibility index (Phi) is 8.06. The van der Waals surface area contributed by atoms with Crippen LogP contribution in [0.5, 0.6) is 0 Å². The summed E-state index contributed by atoms with van der Waals surface area (Å²) < 4.78 is 5.72. The molecule has 2 N–H and O–H groups in total. The minimum absolute atomic E-state index is 0.0869. The molecular formula is C20H32N4O3. The number of hydrogen-bond donors (Lipinski definition) is 2. The molecule has 1 atom stereocenters. The zero-order chi connectivity index (χ0) is 19.8. The maximum atomic E-state index is 12.5. The molecule has 0 aliphatic carbocycles. The summed E-state index contributed by atoms with van der Waals surface area (Å²) in [5.41, 5.74) is 2.24. The highest BCUT2D eigenvalue weighted by Crippen LogP contribution is 2.24. The van der Waals surface area contributed by atoms with Crippen molar-refractivity contribution in [3.8, 4) is 0 Å². The normalized spacial score (nSPS) is 16.9.